The van der Waals surface area contributed by atoms with Crippen LogP contribution in [0.1, 0.15) is 55.6 Å². The highest BCUT2D eigenvalue weighted by atomic mass is 16.5. The van der Waals surface area contributed by atoms with Gasteiger partial charge in [-0.25, -0.2) is 0 Å². The number of hydrogen-bond acceptors (Lipinski definition) is 5. The Bertz CT molecular complexity index is 946. The number of hydrogen-bond donors (Lipinski definition) is 1. The van der Waals surface area contributed by atoms with Crippen molar-refractivity contribution in [2.75, 3.05) is 14.2 Å². The van der Waals surface area contributed by atoms with Gasteiger partial charge in [-0.1, -0.05) is 49.7 Å². The number of ether oxygens (including phenoxy) is 3. The molecule has 0 unspecified atom stereocenters. The molecule has 176 valence electrons. The molecule has 0 amide bonds. The van der Waals surface area contributed by atoms with E-state index in [0.717, 1.165) is 36.8 Å². The van der Waals surface area contributed by atoms with E-state index in [1.807, 2.05) is 36.4 Å². The second-order valence-electron chi connectivity index (χ2n) is 9.16. The molecule has 0 bridgehead atoms. The van der Waals surface area contributed by atoms with E-state index in [1.165, 1.54) is 0 Å². The van der Waals surface area contributed by atoms with E-state index in [-0.39, 0.29) is 12.1 Å². The molecule has 2 saturated carbocycles. The highest BCUT2D eigenvalue weighted by Gasteiger charge is 2.60. The zero-order chi connectivity index (χ0) is 23.5. The van der Waals surface area contributed by atoms with Gasteiger partial charge in [-0.15, -0.1) is 0 Å². The van der Waals surface area contributed by atoms with Crippen LogP contribution < -0.4 is 9.47 Å². The standard InChI is InChI=1S/C27H32O6/c1-16-10-4-7-13-19(16)33-27(30)25-22(17-11-5-8-14-20(17)31-2)24(26(28)29)23(25)18-12-6-9-15-21(18)32-3/h5-6,8-9,11-12,14-16,19,22-25H,4,7,10,13H2,1-3H3,(H,28,29)/t16-,19-,22+,23+,24-,25-/m1/s1. The zero-order valence-electron chi connectivity index (χ0n) is 19.4. The van der Waals surface area contributed by atoms with Crippen LogP contribution in [0.5, 0.6) is 11.5 Å². The van der Waals surface area contributed by atoms with Crippen LogP contribution in [0.2, 0.25) is 0 Å². The van der Waals surface area contributed by atoms with Crippen molar-refractivity contribution in [2.24, 2.45) is 17.8 Å². The molecule has 0 heterocycles. The Balaban J connectivity index is 1.76. The van der Waals surface area contributed by atoms with Crippen molar-refractivity contribution >= 4 is 11.9 Å². The quantitative estimate of drug-likeness (QED) is 0.594. The molecule has 33 heavy (non-hydrogen) atoms. The van der Waals surface area contributed by atoms with Gasteiger partial charge in [-0.2, -0.15) is 0 Å². The second-order valence-corrected chi connectivity index (χ2v) is 9.16. The molecule has 6 nitrogen and oxygen atoms in total. The first-order valence-corrected chi connectivity index (χ1v) is 11.7. The monoisotopic (exact) mass is 452 g/mol. The van der Waals surface area contributed by atoms with E-state index in [9.17, 15) is 14.7 Å². The first kappa shape index (κ1) is 23.1. The number of carboxylic acid groups (broad SMARTS) is 1. The van der Waals surface area contributed by atoms with Gasteiger partial charge in [0.05, 0.1) is 26.1 Å². The number of carbonyl (C=O) groups is 2. The SMILES string of the molecule is COc1ccccc1[C@H]1[C@H](C(=O)O)[C@H](c2ccccc2OC)[C@H]1C(=O)O[C@@H]1CCCC[C@H]1C. The van der Waals surface area contributed by atoms with Crippen LogP contribution in [0.3, 0.4) is 0 Å². The van der Waals surface area contributed by atoms with Crippen molar-refractivity contribution in [1.29, 1.82) is 0 Å². The minimum atomic E-state index is -0.947. The number of para-hydroxylation sites is 2. The maximum Gasteiger partial charge on any atom is 0.310 e. The van der Waals surface area contributed by atoms with Crippen LogP contribution in [-0.2, 0) is 14.3 Å². The zero-order valence-corrected chi connectivity index (χ0v) is 19.4. The first-order chi connectivity index (χ1) is 16.0. The average molecular weight is 453 g/mol. The summed E-state index contributed by atoms with van der Waals surface area (Å²) >= 11 is 0. The summed E-state index contributed by atoms with van der Waals surface area (Å²) in [6, 6.07) is 14.7. The number of esters is 1. The maximum absolute atomic E-state index is 13.7. The summed E-state index contributed by atoms with van der Waals surface area (Å²) in [4.78, 5) is 26.2. The lowest BCUT2D eigenvalue weighted by Gasteiger charge is -2.49. The molecule has 4 atom stereocenters. The number of carboxylic acids is 1. The second kappa shape index (κ2) is 9.86. The minimum absolute atomic E-state index is 0.133. The van der Waals surface area contributed by atoms with Gasteiger partial charge in [-0.05, 0) is 48.4 Å². The topological polar surface area (TPSA) is 82.1 Å². The Labute approximate surface area is 194 Å². The average Bonchev–Trinajstić information content (AvgIpc) is 2.80. The number of carbonyl (C=O) groups excluding carboxylic acids is 1. The van der Waals surface area contributed by atoms with Crippen LogP contribution in [0.25, 0.3) is 0 Å². The molecule has 2 fully saturated rings. The summed E-state index contributed by atoms with van der Waals surface area (Å²) in [7, 11) is 3.12. The van der Waals surface area contributed by atoms with E-state index in [4.69, 9.17) is 14.2 Å². The summed E-state index contributed by atoms with van der Waals surface area (Å²) in [5.41, 5.74) is 1.44. The number of aliphatic carboxylic acids is 1. The maximum atomic E-state index is 13.7. The molecule has 1 N–H and O–H groups in total. The third-order valence-electron chi connectivity index (χ3n) is 7.40. The Morgan fingerprint density at radius 1 is 0.818 bits per heavy atom. The third kappa shape index (κ3) is 4.31. The molecule has 2 aliphatic carbocycles. The Hall–Kier alpha value is -3.02. The van der Waals surface area contributed by atoms with E-state index in [0.29, 0.717) is 17.4 Å². The highest BCUT2D eigenvalue weighted by molar-refractivity contribution is 5.85. The normalized spacial score (nSPS) is 28.9. The van der Waals surface area contributed by atoms with E-state index < -0.39 is 29.6 Å². The molecule has 0 aliphatic heterocycles. The number of rotatable bonds is 7. The molecule has 0 radical (unpaired) electrons. The third-order valence-corrected chi connectivity index (χ3v) is 7.40. The lowest BCUT2D eigenvalue weighted by molar-refractivity contribution is -0.171. The fourth-order valence-corrected chi connectivity index (χ4v) is 5.69. The van der Waals surface area contributed by atoms with Gasteiger partial charge < -0.3 is 19.3 Å². The van der Waals surface area contributed by atoms with Crippen LogP contribution in [0.15, 0.2) is 48.5 Å². The van der Waals surface area contributed by atoms with Crippen LogP contribution in [-0.4, -0.2) is 37.4 Å². The molecule has 6 heteroatoms. The lowest BCUT2D eigenvalue weighted by atomic mass is 9.52. The van der Waals surface area contributed by atoms with Gasteiger partial charge in [0.1, 0.15) is 17.6 Å². The predicted octanol–water partition coefficient (Wildman–Crippen LogP) is 5.02. The van der Waals surface area contributed by atoms with Crippen molar-refractivity contribution in [3.05, 3.63) is 59.7 Å². The molecule has 2 aliphatic rings. The summed E-state index contributed by atoms with van der Waals surface area (Å²) < 4.78 is 17.2. The fraction of sp³-hybridized carbons (Fsp3) is 0.481. The Morgan fingerprint density at radius 2 is 1.33 bits per heavy atom. The smallest absolute Gasteiger partial charge is 0.310 e. The fourth-order valence-electron chi connectivity index (χ4n) is 5.69. The molecule has 2 aromatic carbocycles. The van der Waals surface area contributed by atoms with Crippen molar-refractivity contribution in [1.82, 2.24) is 0 Å². The largest absolute Gasteiger partial charge is 0.496 e. The van der Waals surface area contributed by atoms with Crippen LogP contribution in [0, 0.1) is 17.8 Å². The Morgan fingerprint density at radius 3 is 1.82 bits per heavy atom. The summed E-state index contributed by atoms with van der Waals surface area (Å²) in [6.45, 7) is 2.12. The van der Waals surface area contributed by atoms with Gasteiger partial charge in [0.2, 0.25) is 0 Å². The van der Waals surface area contributed by atoms with Crippen molar-refractivity contribution in [3.8, 4) is 11.5 Å². The summed E-state index contributed by atoms with van der Waals surface area (Å²) in [5.74, 6) is -2.39. The van der Waals surface area contributed by atoms with Crippen LogP contribution >= 0.6 is 0 Å². The van der Waals surface area contributed by atoms with Gasteiger partial charge in [0.15, 0.2) is 0 Å². The molecular formula is C27H32O6. The predicted molar refractivity (Wildman–Crippen MR) is 124 cm³/mol. The Kier molecular flexibility index (Phi) is 6.91. The summed E-state index contributed by atoms with van der Waals surface area (Å²) in [5, 5.41) is 10.3. The lowest BCUT2D eigenvalue weighted by Crippen LogP contribution is -2.52. The molecular weight excluding hydrogens is 420 g/mol. The highest BCUT2D eigenvalue weighted by Crippen LogP contribution is 2.60. The van der Waals surface area contributed by atoms with E-state index in [2.05, 4.69) is 6.92 Å². The van der Waals surface area contributed by atoms with E-state index in [1.54, 1.807) is 26.4 Å². The number of methoxy groups -OCH3 is 2. The van der Waals surface area contributed by atoms with Gasteiger partial charge in [0, 0.05) is 11.8 Å². The summed E-state index contributed by atoms with van der Waals surface area (Å²) in [6.07, 6.45) is 3.93. The van der Waals surface area contributed by atoms with Crippen molar-refractivity contribution in [3.63, 3.8) is 0 Å². The molecule has 0 aromatic heterocycles. The first-order valence-electron chi connectivity index (χ1n) is 11.7. The van der Waals surface area contributed by atoms with Gasteiger partial charge in [0.25, 0.3) is 0 Å². The van der Waals surface area contributed by atoms with Gasteiger partial charge >= 0.3 is 11.9 Å². The molecule has 0 saturated heterocycles. The van der Waals surface area contributed by atoms with E-state index >= 15 is 0 Å². The van der Waals surface area contributed by atoms with Crippen LogP contribution in [0.4, 0.5) is 0 Å². The molecule has 0 spiro atoms. The molecule has 2 aromatic rings. The number of benzene rings is 2. The van der Waals surface area contributed by atoms with Crippen molar-refractivity contribution < 1.29 is 28.9 Å². The van der Waals surface area contributed by atoms with Crippen molar-refractivity contribution in [2.45, 2.75) is 50.5 Å². The minimum Gasteiger partial charge on any atom is -0.496 e. The van der Waals surface area contributed by atoms with Gasteiger partial charge in [-0.3, -0.25) is 9.59 Å². The molecule has 4 rings (SSSR count).